The fourth-order valence-corrected chi connectivity index (χ4v) is 4.75. The van der Waals surface area contributed by atoms with E-state index in [2.05, 4.69) is 42.7 Å². The molecule has 4 nitrogen and oxygen atoms in total. The first-order valence-corrected chi connectivity index (χ1v) is 11.8. The van der Waals surface area contributed by atoms with Crippen LogP contribution in [0.15, 0.2) is 48.5 Å². The Labute approximate surface area is 186 Å². The van der Waals surface area contributed by atoms with Gasteiger partial charge in [-0.05, 0) is 56.4 Å². The zero-order valence-electron chi connectivity index (χ0n) is 19.2. The first kappa shape index (κ1) is 21.6. The lowest BCUT2D eigenvalue weighted by molar-refractivity contribution is 0.0727. The van der Waals surface area contributed by atoms with Gasteiger partial charge in [0.25, 0.3) is 5.91 Å². The molecule has 0 radical (unpaired) electrons. The smallest absolute Gasteiger partial charge is 0.254 e. The summed E-state index contributed by atoms with van der Waals surface area (Å²) in [5.41, 5.74) is 4.12. The zero-order chi connectivity index (χ0) is 21.8. The summed E-state index contributed by atoms with van der Waals surface area (Å²) in [6, 6.07) is 16.9. The van der Waals surface area contributed by atoms with Crippen molar-refractivity contribution >= 4 is 16.9 Å². The molecule has 1 aliphatic carbocycles. The van der Waals surface area contributed by atoms with E-state index in [1.54, 1.807) is 0 Å². The van der Waals surface area contributed by atoms with E-state index in [4.69, 9.17) is 4.98 Å². The predicted molar refractivity (Wildman–Crippen MR) is 127 cm³/mol. The highest BCUT2D eigenvalue weighted by atomic mass is 16.2. The van der Waals surface area contributed by atoms with Crippen molar-refractivity contribution in [2.24, 2.45) is 5.92 Å². The molecular formula is C27H35N3O. The molecule has 0 bridgehead atoms. The lowest BCUT2D eigenvalue weighted by Gasteiger charge is -2.28. The van der Waals surface area contributed by atoms with Gasteiger partial charge in [0.2, 0.25) is 0 Å². The lowest BCUT2D eigenvalue weighted by Crippen LogP contribution is -2.33. The van der Waals surface area contributed by atoms with Crippen LogP contribution in [0.4, 0.5) is 0 Å². The van der Waals surface area contributed by atoms with Gasteiger partial charge in [0.1, 0.15) is 5.82 Å². The van der Waals surface area contributed by atoms with E-state index in [0.717, 1.165) is 35.4 Å². The van der Waals surface area contributed by atoms with E-state index in [1.165, 1.54) is 37.6 Å². The Morgan fingerprint density at radius 3 is 2.61 bits per heavy atom. The summed E-state index contributed by atoms with van der Waals surface area (Å²) in [5, 5.41) is 0. The van der Waals surface area contributed by atoms with Crippen LogP contribution in [-0.2, 0) is 6.54 Å². The van der Waals surface area contributed by atoms with E-state index in [0.29, 0.717) is 18.5 Å². The number of benzene rings is 2. The van der Waals surface area contributed by atoms with Crippen molar-refractivity contribution in [3.8, 4) is 0 Å². The summed E-state index contributed by atoms with van der Waals surface area (Å²) in [5.74, 6) is 1.68. The van der Waals surface area contributed by atoms with Crippen LogP contribution in [0.25, 0.3) is 11.0 Å². The molecule has 2 aromatic carbocycles. The van der Waals surface area contributed by atoms with Crippen molar-refractivity contribution in [1.82, 2.24) is 14.5 Å². The highest BCUT2D eigenvalue weighted by molar-refractivity contribution is 5.94. The maximum atomic E-state index is 13.5. The third-order valence-corrected chi connectivity index (χ3v) is 6.47. The van der Waals surface area contributed by atoms with Crippen molar-refractivity contribution < 1.29 is 4.79 Å². The second-order valence-corrected chi connectivity index (χ2v) is 9.46. The maximum Gasteiger partial charge on any atom is 0.254 e. The summed E-state index contributed by atoms with van der Waals surface area (Å²) in [4.78, 5) is 20.5. The fourth-order valence-electron chi connectivity index (χ4n) is 4.75. The van der Waals surface area contributed by atoms with Crippen LogP contribution in [0, 0.1) is 12.8 Å². The standard InChI is InChI=1S/C27H35N3O/c1-20(2)16-17-29(27(31)22-11-9-10-21(3)18-22)19-26-28-24-14-7-8-15-25(24)30(26)23-12-5-4-6-13-23/h7-11,14-15,18,20,23H,4-6,12-13,16-17,19H2,1-3H3. The predicted octanol–water partition coefficient (Wildman–Crippen LogP) is 6.54. The number of aryl methyl sites for hydroxylation is 1. The number of imidazole rings is 1. The highest BCUT2D eigenvalue weighted by Crippen LogP contribution is 2.33. The van der Waals surface area contributed by atoms with Gasteiger partial charge in [0.15, 0.2) is 0 Å². The number of carbonyl (C=O) groups excluding carboxylic acids is 1. The van der Waals surface area contributed by atoms with Crippen molar-refractivity contribution in [2.75, 3.05) is 6.54 Å². The summed E-state index contributed by atoms with van der Waals surface area (Å²) in [6.45, 7) is 7.78. The topological polar surface area (TPSA) is 38.1 Å². The number of para-hydroxylation sites is 2. The van der Waals surface area contributed by atoms with Gasteiger partial charge in [-0.25, -0.2) is 4.98 Å². The molecule has 4 heteroatoms. The molecule has 0 spiro atoms. The molecule has 31 heavy (non-hydrogen) atoms. The number of hydrogen-bond acceptors (Lipinski definition) is 2. The Kier molecular flexibility index (Phi) is 6.74. The van der Waals surface area contributed by atoms with Crippen LogP contribution in [0.3, 0.4) is 0 Å². The van der Waals surface area contributed by atoms with Gasteiger partial charge in [0, 0.05) is 18.2 Å². The maximum absolute atomic E-state index is 13.5. The van der Waals surface area contributed by atoms with Crippen LogP contribution in [0.2, 0.25) is 0 Å². The molecule has 1 aromatic heterocycles. The highest BCUT2D eigenvalue weighted by Gasteiger charge is 2.24. The molecule has 4 rings (SSSR count). The third-order valence-electron chi connectivity index (χ3n) is 6.47. The second kappa shape index (κ2) is 9.67. The zero-order valence-corrected chi connectivity index (χ0v) is 19.2. The minimum absolute atomic E-state index is 0.103. The van der Waals surface area contributed by atoms with Gasteiger partial charge in [-0.2, -0.15) is 0 Å². The molecule has 3 aromatic rings. The largest absolute Gasteiger partial charge is 0.331 e. The van der Waals surface area contributed by atoms with Crippen molar-refractivity contribution in [2.45, 2.75) is 71.9 Å². The molecule has 1 saturated carbocycles. The summed E-state index contributed by atoms with van der Waals surface area (Å²) >= 11 is 0. The molecule has 0 unspecified atom stereocenters. The number of amides is 1. The van der Waals surface area contributed by atoms with Crippen LogP contribution in [0.1, 0.15) is 80.2 Å². The van der Waals surface area contributed by atoms with Crippen LogP contribution >= 0.6 is 0 Å². The minimum Gasteiger partial charge on any atom is -0.331 e. The summed E-state index contributed by atoms with van der Waals surface area (Å²) in [7, 11) is 0. The van der Waals surface area contributed by atoms with E-state index in [9.17, 15) is 4.79 Å². The molecule has 0 atom stereocenters. The molecule has 0 N–H and O–H groups in total. The Morgan fingerprint density at radius 2 is 1.87 bits per heavy atom. The molecule has 1 aliphatic rings. The van der Waals surface area contributed by atoms with Crippen LogP contribution in [0.5, 0.6) is 0 Å². The van der Waals surface area contributed by atoms with Crippen molar-refractivity contribution in [3.05, 3.63) is 65.5 Å². The first-order chi connectivity index (χ1) is 15.0. The molecular weight excluding hydrogens is 382 g/mol. The summed E-state index contributed by atoms with van der Waals surface area (Å²) < 4.78 is 2.44. The van der Waals surface area contributed by atoms with Gasteiger partial charge < -0.3 is 9.47 Å². The number of hydrogen-bond donors (Lipinski definition) is 0. The quantitative estimate of drug-likeness (QED) is 0.438. The second-order valence-electron chi connectivity index (χ2n) is 9.46. The van der Waals surface area contributed by atoms with E-state index >= 15 is 0 Å². The van der Waals surface area contributed by atoms with Crippen molar-refractivity contribution in [1.29, 1.82) is 0 Å². The van der Waals surface area contributed by atoms with Gasteiger partial charge in [-0.3, -0.25) is 4.79 Å². The van der Waals surface area contributed by atoms with E-state index < -0.39 is 0 Å². The molecule has 0 saturated heterocycles. The van der Waals surface area contributed by atoms with E-state index in [-0.39, 0.29) is 5.91 Å². The average Bonchev–Trinajstić information content (AvgIpc) is 3.14. The Hall–Kier alpha value is -2.62. The molecule has 0 aliphatic heterocycles. The number of rotatable bonds is 7. The van der Waals surface area contributed by atoms with Gasteiger partial charge in [0.05, 0.1) is 17.6 Å². The van der Waals surface area contributed by atoms with Crippen molar-refractivity contribution in [3.63, 3.8) is 0 Å². The molecule has 164 valence electrons. The Bertz CT molecular complexity index is 1030. The van der Waals surface area contributed by atoms with E-state index in [1.807, 2.05) is 36.1 Å². The summed E-state index contributed by atoms with van der Waals surface area (Å²) in [6.07, 6.45) is 7.26. The normalized spacial score (nSPS) is 15.0. The average molecular weight is 418 g/mol. The van der Waals surface area contributed by atoms with Gasteiger partial charge in [-0.1, -0.05) is 62.9 Å². The minimum atomic E-state index is 0.103. The third kappa shape index (κ3) is 5.00. The van der Waals surface area contributed by atoms with Crippen LogP contribution in [-0.4, -0.2) is 26.9 Å². The number of nitrogens with zero attached hydrogens (tertiary/aromatic N) is 3. The number of carbonyl (C=O) groups is 1. The fraction of sp³-hybridized carbons (Fsp3) is 0.481. The Balaban J connectivity index is 1.69. The van der Waals surface area contributed by atoms with Crippen LogP contribution < -0.4 is 0 Å². The lowest BCUT2D eigenvalue weighted by atomic mass is 9.95. The number of aromatic nitrogens is 2. The van der Waals surface area contributed by atoms with Gasteiger partial charge >= 0.3 is 0 Å². The number of fused-ring (bicyclic) bond motifs is 1. The molecule has 1 fully saturated rings. The first-order valence-electron chi connectivity index (χ1n) is 11.8. The molecule has 1 heterocycles. The molecule has 1 amide bonds. The monoisotopic (exact) mass is 417 g/mol. The SMILES string of the molecule is Cc1cccc(C(=O)N(CCC(C)C)Cc2nc3ccccc3n2C2CCCCC2)c1. The Morgan fingerprint density at radius 1 is 1.10 bits per heavy atom. The van der Waals surface area contributed by atoms with Gasteiger partial charge in [-0.15, -0.1) is 0 Å².